The lowest BCUT2D eigenvalue weighted by molar-refractivity contribution is 0.276. The van der Waals surface area contributed by atoms with Gasteiger partial charge in [0.2, 0.25) is 0 Å². The van der Waals surface area contributed by atoms with Crippen molar-refractivity contribution >= 4 is 33.1 Å². The van der Waals surface area contributed by atoms with Crippen LogP contribution < -0.4 is 11.5 Å². The van der Waals surface area contributed by atoms with Crippen LogP contribution in [-0.2, 0) is 6.61 Å². The third-order valence-corrected chi connectivity index (χ3v) is 2.43. The molecule has 2 heterocycles. The van der Waals surface area contributed by atoms with Crippen LogP contribution in [0.4, 0.5) is 11.5 Å². The summed E-state index contributed by atoms with van der Waals surface area (Å²) in [5.74, 6) is 0.303. The second-order valence-electron chi connectivity index (χ2n) is 2.91. The van der Waals surface area contributed by atoms with E-state index in [1.807, 2.05) is 0 Å². The third-order valence-electron chi connectivity index (χ3n) is 1.99. The number of rotatable bonds is 1. The monoisotopic (exact) mass is 256 g/mol. The zero-order chi connectivity index (χ0) is 10.3. The second-order valence-corrected chi connectivity index (χ2v) is 3.82. The average Bonchev–Trinajstić information content (AvgIpc) is 2.41. The zero-order valence-corrected chi connectivity index (χ0v) is 8.82. The standard InChI is InChI=1S/C8H9BrN4O/c9-4-1-5(10)8-12-7(11)6(3-14)13(8)2-4/h1-2,14H,3,10-11H2. The first-order valence-corrected chi connectivity index (χ1v) is 4.75. The van der Waals surface area contributed by atoms with Crippen molar-refractivity contribution in [2.24, 2.45) is 0 Å². The van der Waals surface area contributed by atoms with Crippen molar-refractivity contribution < 1.29 is 5.11 Å². The Morgan fingerprint density at radius 3 is 2.86 bits per heavy atom. The van der Waals surface area contributed by atoms with Crippen molar-refractivity contribution in [3.8, 4) is 0 Å². The molecule has 0 saturated carbocycles. The Hall–Kier alpha value is -1.27. The van der Waals surface area contributed by atoms with Crippen LogP contribution in [0.15, 0.2) is 16.7 Å². The molecule has 0 aromatic carbocycles. The highest BCUT2D eigenvalue weighted by Crippen LogP contribution is 2.23. The van der Waals surface area contributed by atoms with Crippen LogP contribution in [0, 0.1) is 0 Å². The molecule has 2 rings (SSSR count). The van der Waals surface area contributed by atoms with Crippen LogP contribution in [0.5, 0.6) is 0 Å². The van der Waals surface area contributed by atoms with E-state index in [4.69, 9.17) is 16.6 Å². The van der Waals surface area contributed by atoms with E-state index in [1.54, 1.807) is 16.7 Å². The van der Waals surface area contributed by atoms with Crippen molar-refractivity contribution in [3.63, 3.8) is 0 Å². The zero-order valence-electron chi connectivity index (χ0n) is 7.24. The SMILES string of the molecule is Nc1nc2c(N)cc(Br)cn2c1CO. The largest absolute Gasteiger partial charge is 0.396 e. The van der Waals surface area contributed by atoms with Crippen molar-refractivity contribution in [3.05, 3.63) is 22.4 Å². The van der Waals surface area contributed by atoms with Gasteiger partial charge in [-0.1, -0.05) is 0 Å². The first-order valence-electron chi connectivity index (χ1n) is 3.95. The number of nitrogens with zero attached hydrogens (tertiary/aromatic N) is 2. The maximum absolute atomic E-state index is 9.09. The molecule has 0 aliphatic rings. The van der Waals surface area contributed by atoms with E-state index in [-0.39, 0.29) is 6.61 Å². The Labute approximate surface area is 88.5 Å². The number of imidazole rings is 1. The molecule has 0 saturated heterocycles. The highest BCUT2D eigenvalue weighted by Gasteiger charge is 2.10. The maximum atomic E-state index is 9.09. The average molecular weight is 257 g/mol. The van der Waals surface area contributed by atoms with Gasteiger partial charge in [-0.05, 0) is 22.0 Å². The predicted molar refractivity (Wildman–Crippen MR) is 57.6 cm³/mol. The first-order chi connectivity index (χ1) is 6.63. The molecular weight excluding hydrogens is 248 g/mol. The van der Waals surface area contributed by atoms with Gasteiger partial charge in [0.1, 0.15) is 5.82 Å². The normalized spacial score (nSPS) is 11.0. The first kappa shape index (κ1) is 9.29. The number of nitrogens with two attached hydrogens (primary N) is 2. The van der Waals surface area contributed by atoms with Crippen molar-refractivity contribution in [2.75, 3.05) is 11.5 Å². The Bertz CT molecular complexity index is 494. The van der Waals surface area contributed by atoms with Gasteiger partial charge in [-0.2, -0.15) is 0 Å². The summed E-state index contributed by atoms with van der Waals surface area (Å²) in [6, 6.07) is 1.74. The second kappa shape index (κ2) is 3.14. The van der Waals surface area contributed by atoms with Gasteiger partial charge in [0.15, 0.2) is 5.65 Å². The predicted octanol–water partition coefficient (Wildman–Crippen LogP) is 0.753. The summed E-state index contributed by atoms with van der Waals surface area (Å²) < 4.78 is 2.49. The van der Waals surface area contributed by atoms with E-state index in [1.165, 1.54) is 0 Å². The molecule has 0 bridgehead atoms. The topological polar surface area (TPSA) is 89.6 Å². The van der Waals surface area contributed by atoms with Crippen LogP contribution in [0.2, 0.25) is 0 Å². The molecule has 0 fully saturated rings. The van der Waals surface area contributed by atoms with E-state index in [2.05, 4.69) is 20.9 Å². The van der Waals surface area contributed by atoms with E-state index in [0.29, 0.717) is 22.8 Å². The number of aromatic nitrogens is 2. The Balaban J connectivity index is 2.87. The van der Waals surface area contributed by atoms with Crippen molar-refractivity contribution in [2.45, 2.75) is 6.61 Å². The van der Waals surface area contributed by atoms with Gasteiger partial charge < -0.3 is 16.6 Å². The molecule has 0 amide bonds. The number of fused-ring (bicyclic) bond motifs is 1. The van der Waals surface area contributed by atoms with Crippen molar-refractivity contribution in [1.29, 1.82) is 0 Å². The summed E-state index contributed by atoms with van der Waals surface area (Å²) in [4.78, 5) is 4.06. The van der Waals surface area contributed by atoms with Crippen LogP contribution in [0.3, 0.4) is 0 Å². The van der Waals surface area contributed by atoms with Gasteiger partial charge in [0.25, 0.3) is 0 Å². The fourth-order valence-electron chi connectivity index (χ4n) is 1.36. The molecule has 0 spiro atoms. The van der Waals surface area contributed by atoms with E-state index in [0.717, 1.165) is 4.47 Å². The van der Waals surface area contributed by atoms with Gasteiger partial charge in [-0.25, -0.2) is 4.98 Å². The molecule has 2 aromatic rings. The molecule has 5 N–H and O–H groups in total. The van der Waals surface area contributed by atoms with Gasteiger partial charge >= 0.3 is 0 Å². The molecule has 0 aliphatic carbocycles. The van der Waals surface area contributed by atoms with Crippen LogP contribution in [0.25, 0.3) is 5.65 Å². The summed E-state index contributed by atoms with van der Waals surface area (Å²) in [7, 11) is 0. The minimum atomic E-state index is -0.164. The highest BCUT2D eigenvalue weighted by atomic mass is 79.9. The van der Waals surface area contributed by atoms with Crippen LogP contribution in [0.1, 0.15) is 5.69 Å². The molecule has 14 heavy (non-hydrogen) atoms. The quantitative estimate of drug-likeness (QED) is 0.703. The number of pyridine rings is 1. The fraction of sp³-hybridized carbons (Fsp3) is 0.125. The summed E-state index contributed by atoms with van der Waals surface area (Å²) in [6.07, 6.45) is 1.76. The number of aliphatic hydroxyl groups is 1. The third kappa shape index (κ3) is 1.23. The lowest BCUT2D eigenvalue weighted by atomic mass is 10.4. The molecule has 5 nitrogen and oxygen atoms in total. The summed E-state index contributed by atoms with van der Waals surface area (Å²) in [5, 5.41) is 9.09. The minimum Gasteiger partial charge on any atom is -0.396 e. The number of hydrogen-bond acceptors (Lipinski definition) is 4. The molecular formula is C8H9BrN4O. The Kier molecular flexibility index (Phi) is 2.09. The summed E-state index contributed by atoms with van der Waals surface area (Å²) in [5.41, 5.74) is 13.0. The molecule has 74 valence electrons. The van der Waals surface area contributed by atoms with E-state index >= 15 is 0 Å². The Morgan fingerprint density at radius 2 is 2.21 bits per heavy atom. The van der Waals surface area contributed by atoms with Gasteiger partial charge in [-0.15, -0.1) is 0 Å². The highest BCUT2D eigenvalue weighted by molar-refractivity contribution is 9.10. The van der Waals surface area contributed by atoms with Crippen LogP contribution >= 0.6 is 15.9 Å². The number of aliphatic hydroxyl groups excluding tert-OH is 1. The van der Waals surface area contributed by atoms with Gasteiger partial charge in [-0.3, -0.25) is 4.40 Å². The van der Waals surface area contributed by atoms with Crippen molar-refractivity contribution in [1.82, 2.24) is 9.38 Å². The fourth-order valence-corrected chi connectivity index (χ4v) is 1.81. The summed E-state index contributed by atoms with van der Waals surface area (Å²) >= 11 is 3.30. The van der Waals surface area contributed by atoms with E-state index in [9.17, 15) is 0 Å². The molecule has 6 heteroatoms. The molecule has 0 atom stereocenters. The number of halogens is 1. The molecule has 0 unspecified atom stereocenters. The van der Waals surface area contributed by atoms with Gasteiger partial charge in [0.05, 0.1) is 18.0 Å². The smallest absolute Gasteiger partial charge is 0.162 e. The van der Waals surface area contributed by atoms with Gasteiger partial charge in [0, 0.05) is 10.7 Å². The molecule has 0 radical (unpaired) electrons. The maximum Gasteiger partial charge on any atom is 0.162 e. The van der Waals surface area contributed by atoms with E-state index < -0.39 is 0 Å². The number of nitrogen functional groups attached to an aromatic ring is 2. The number of anilines is 2. The van der Waals surface area contributed by atoms with Crippen LogP contribution in [-0.4, -0.2) is 14.5 Å². The minimum absolute atomic E-state index is 0.164. The molecule has 0 aliphatic heterocycles. The summed E-state index contributed by atoms with van der Waals surface area (Å²) in [6.45, 7) is -0.164. The lowest BCUT2D eigenvalue weighted by Crippen LogP contribution is -1.97. The lowest BCUT2D eigenvalue weighted by Gasteiger charge is -2.01. The number of hydrogen-bond donors (Lipinski definition) is 3. The molecule has 2 aromatic heterocycles. The Morgan fingerprint density at radius 1 is 1.50 bits per heavy atom.